The second-order valence-electron chi connectivity index (χ2n) is 4.18. The molecule has 0 atom stereocenters. The molecule has 5 heteroatoms. The van der Waals surface area contributed by atoms with Gasteiger partial charge in [0.1, 0.15) is 5.82 Å². The van der Waals surface area contributed by atoms with Crippen molar-refractivity contribution in [3.63, 3.8) is 0 Å². The van der Waals surface area contributed by atoms with E-state index in [1.165, 1.54) is 17.0 Å². The first kappa shape index (κ1) is 14.2. The van der Waals surface area contributed by atoms with Crippen molar-refractivity contribution in [2.24, 2.45) is 0 Å². The van der Waals surface area contributed by atoms with Gasteiger partial charge in [0.2, 0.25) is 0 Å². The Bertz CT molecular complexity index is 571. The van der Waals surface area contributed by atoms with Crippen molar-refractivity contribution in [2.75, 3.05) is 13.6 Å². The Balaban J connectivity index is 2.02. The SMILES string of the molecule is CN(CCc1cccs1)C(=O)c1ccc(Br)cc1F. The van der Waals surface area contributed by atoms with Gasteiger partial charge >= 0.3 is 0 Å². The molecule has 0 fully saturated rings. The van der Waals surface area contributed by atoms with Crippen molar-refractivity contribution in [1.29, 1.82) is 0 Å². The highest BCUT2D eigenvalue weighted by Gasteiger charge is 2.16. The quantitative estimate of drug-likeness (QED) is 0.824. The van der Waals surface area contributed by atoms with Gasteiger partial charge in [0.15, 0.2) is 0 Å². The summed E-state index contributed by atoms with van der Waals surface area (Å²) in [7, 11) is 1.69. The van der Waals surface area contributed by atoms with E-state index in [2.05, 4.69) is 15.9 Å². The molecular weight excluding hydrogens is 329 g/mol. The minimum absolute atomic E-state index is 0.108. The lowest BCUT2D eigenvalue weighted by Gasteiger charge is -2.17. The van der Waals surface area contributed by atoms with Crippen LogP contribution in [0.5, 0.6) is 0 Å². The number of thiophene rings is 1. The zero-order valence-electron chi connectivity index (χ0n) is 10.4. The summed E-state index contributed by atoms with van der Waals surface area (Å²) in [5.41, 5.74) is 0.108. The van der Waals surface area contributed by atoms with Crippen LogP contribution in [-0.2, 0) is 6.42 Å². The number of hydrogen-bond donors (Lipinski definition) is 0. The standard InChI is InChI=1S/C14H13BrFNOS/c1-17(7-6-11-3-2-8-19-11)14(18)12-5-4-10(15)9-13(12)16/h2-5,8-9H,6-7H2,1H3. The van der Waals surface area contributed by atoms with E-state index in [9.17, 15) is 9.18 Å². The molecule has 0 N–H and O–H groups in total. The molecule has 0 bridgehead atoms. The fraction of sp³-hybridized carbons (Fsp3) is 0.214. The molecule has 1 aromatic carbocycles. The lowest BCUT2D eigenvalue weighted by atomic mass is 10.2. The molecule has 0 aliphatic heterocycles. The van der Waals surface area contributed by atoms with Crippen LogP contribution in [0.4, 0.5) is 4.39 Å². The van der Waals surface area contributed by atoms with Crippen LogP contribution in [0.3, 0.4) is 0 Å². The maximum Gasteiger partial charge on any atom is 0.256 e. The Morgan fingerprint density at radius 3 is 2.84 bits per heavy atom. The van der Waals surface area contributed by atoms with Crippen LogP contribution >= 0.6 is 27.3 Å². The van der Waals surface area contributed by atoms with E-state index >= 15 is 0 Å². The van der Waals surface area contributed by atoms with Crippen molar-refractivity contribution in [2.45, 2.75) is 6.42 Å². The summed E-state index contributed by atoms with van der Waals surface area (Å²) in [5.74, 6) is -0.788. The summed E-state index contributed by atoms with van der Waals surface area (Å²) in [6.07, 6.45) is 0.790. The summed E-state index contributed by atoms with van der Waals surface area (Å²) in [6, 6.07) is 8.49. The lowest BCUT2D eigenvalue weighted by Crippen LogP contribution is -2.29. The number of carbonyl (C=O) groups is 1. The molecule has 0 saturated carbocycles. The molecule has 0 aliphatic rings. The van der Waals surface area contributed by atoms with Gasteiger partial charge in [-0.15, -0.1) is 11.3 Å². The molecule has 1 amide bonds. The largest absolute Gasteiger partial charge is 0.341 e. The fourth-order valence-electron chi connectivity index (χ4n) is 1.70. The summed E-state index contributed by atoms with van der Waals surface area (Å²) in [4.78, 5) is 14.9. The van der Waals surface area contributed by atoms with Crippen LogP contribution in [-0.4, -0.2) is 24.4 Å². The van der Waals surface area contributed by atoms with Gasteiger partial charge in [-0.05, 0) is 36.1 Å². The summed E-state index contributed by atoms with van der Waals surface area (Å²) >= 11 is 4.84. The number of benzene rings is 1. The van der Waals surface area contributed by atoms with Crippen LogP contribution < -0.4 is 0 Å². The summed E-state index contributed by atoms with van der Waals surface area (Å²) < 4.78 is 14.3. The minimum Gasteiger partial charge on any atom is -0.341 e. The summed E-state index contributed by atoms with van der Waals surface area (Å²) in [5, 5.41) is 2.01. The molecule has 0 saturated heterocycles. The van der Waals surface area contributed by atoms with E-state index in [1.807, 2.05) is 17.5 Å². The topological polar surface area (TPSA) is 20.3 Å². The van der Waals surface area contributed by atoms with E-state index in [1.54, 1.807) is 29.4 Å². The van der Waals surface area contributed by atoms with Crippen LogP contribution in [0.25, 0.3) is 0 Å². The van der Waals surface area contributed by atoms with Gasteiger partial charge in [0, 0.05) is 22.9 Å². The average Bonchev–Trinajstić information content (AvgIpc) is 2.88. The molecule has 19 heavy (non-hydrogen) atoms. The number of nitrogens with zero attached hydrogens (tertiary/aromatic N) is 1. The zero-order chi connectivity index (χ0) is 13.8. The van der Waals surface area contributed by atoms with E-state index in [0.29, 0.717) is 11.0 Å². The number of carbonyl (C=O) groups excluding carboxylic acids is 1. The maximum atomic E-state index is 13.7. The molecule has 2 aromatic rings. The minimum atomic E-state index is -0.498. The Morgan fingerprint density at radius 2 is 2.21 bits per heavy atom. The second kappa shape index (κ2) is 6.30. The molecule has 0 aliphatic carbocycles. The number of hydrogen-bond acceptors (Lipinski definition) is 2. The Morgan fingerprint density at radius 1 is 1.42 bits per heavy atom. The maximum absolute atomic E-state index is 13.7. The Hall–Kier alpha value is -1.20. The van der Waals surface area contributed by atoms with Crippen LogP contribution in [0.2, 0.25) is 0 Å². The molecule has 2 nitrogen and oxygen atoms in total. The molecule has 0 unspecified atom stereocenters. The molecule has 1 aromatic heterocycles. The van der Waals surface area contributed by atoms with Gasteiger partial charge in [0.25, 0.3) is 5.91 Å². The predicted octanol–water partition coefficient (Wildman–Crippen LogP) is 3.96. The Labute approximate surface area is 124 Å². The molecular formula is C14H13BrFNOS. The fourth-order valence-corrected chi connectivity index (χ4v) is 2.73. The third-order valence-electron chi connectivity index (χ3n) is 2.78. The van der Waals surface area contributed by atoms with E-state index < -0.39 is 5.82 Å². The number of rotatable bonds is 4. The third kappa shape index (κ3) is 3.64. The molecule has 100 valence electrons. The lowest BCUT2D eigenvalue weighted by molar-refractivity contribution is 0.0792. The highest BCUT2D eigenvalue weighted by atomic mass is 79.9. The van der Waals surface area contributed by atoms with Gasteiger partial charge < -0.3 is 4.90 Å². The van der Waals surface area contributed by atoms with Crippen LogP contribution in [0, 0.1) is 5.82 Å². The van der Waals surface area contributed by atoms with E-state index in [4.69, 9.17) is 0 Å². The van der Waals surface area contributed by atoms with Gasteiger partial charge in [-0.1, -0.05) is 22.0 Å². The van der Waals surface area contributed by atoms with Crippen molar-refractivity contribution in [3.8, 4) is 0 Å². The van der Waals surface area contributed by atoms with Crippen LogP contribution in [0.15, 0.2) is 40.2 Å². The van der Waals surface area contributed by atoms with Gasteiger partial charge in [-0.2, -0.15) is 0 Å². The van der Waals surface area contributed by atoms with E-state index in [-0.39, 0.29) is 11.5 Å². The molecule has 0 spiro atoms. The number of likely N-dealkylation sites (N-methyl/N-ethyl adjacent to an activating group) is 1. The van der Waals surface area contributed by atoms with Crippen molar-refractivity contribution < 1.29 is 9.18 Å². The number of halogens is 2. The molecule has 0 radical (unpaired) electrons. The van der Waals surface area contributed by atoms with Crippen LogP contribution in [0.1, 0.15) is 15.2 Å². The predicted molar refractivity (Wildman–Crippen MR) is 79.1 cm³/mol. The van der Waals surface area contributed by atoms with Gasteiger partial charge in [-0.25, -0.2) is 4.39 Å². The zero-order valence-corrected chi connectivity index (χ0v) is 12.8. The normalized spacial score (nSPS) is 10.5. The highest BCUT2D eigenvalue weighted by Crippen LogP contribution is 2.17. The summed E-state index contributed by atoms with van der Waals surface area (Å²) in [6.45, 7) is 0.578. The Kier molecular flexibility index (Phi) is 4.71. The first-order valence-electron chi connectivity index (χ1n) is 5.81. The smallest absolute Gasteiger partial charge is 0.256 e. The molecule has 1 heterocycles. The van der Waals surface area contributed by atoms with Crippen molar-refractivity contribution >= 4 is 33.2 Å². The second-order valence-corrected chi connectivity index (χ2v) is 6.13. The first-order chi connectivity index (χ1) is 9.08. The number of amides is 1. The van der Waals surface area contributed by atoms with Crippen molar-refractivity contribution in [1.82, 2.24) is 4.90 Å². The van der Waals surface area contributed by atoms with Gasteiger partial charge in [0.05, 0.1) is 5.56 Å². The third-order valence-corrected chi connectivity index (χ3v) is 4.21. The van der Waals surface area contributed by atoms with Gasteiger partial charge in [-0.3, -0.25) is 4.79 Å². The highest BCUT2D eigenvalue weighted by molar-refractivity contribution is 9.10. The molecule has 2 rings (SSSR count). The monoisotopic (exact) mass is 341 g/mol. The average molecular weight is 342 g/mol. The first-order valence-corrected chi connectivity index (χ1v) is 7.48. The van der Waals surface area contributed by atoms with E-state index in [0.717, 1.165) is 6.42 Å². The van der Waals surface area contributed by atoms with Crippen molar-refractivity contribution in [3.05, 3.63) is 56.4 Å².